The fraction of sp³-hybridized carbons (Fsp3) is 1.00. The third-order valence-electron chi connectivity index (χ3n) is 1.03. The zero-order chi connectivity index (χ0) is 5.28. The van der Waals surface area contributed by atoms with Crippen molar-refractivity contribution >= 4 is 19.4 Å². The minimum Gasteiger partial charge on any atom is -0.424 e. The van der Waals surface area contributed by atoms with Crippen LogP contribution in [0.5, 0.6) is 0 Å². The summed E-state index contributed by atoms with van der Waals surface area (Å²) in [6.45, 7) is 0. The molecule has 1 fully saturated rings. The Morgan fingerprint density at radius 2 is 2.43 bits per heavy atom. The largest absolute Gasteiger partial charge is 0.424 e. The Balaban J connectivity index is 2.33. The van der Waals surface area contributed by atoms with Crippen molar-refractivity contribution in [3.63, 3.8) is 0 Å². The van der Waals surface area contributed by atoms with Crippen LogP contribution in [0, 0.1) is 0 Å². The van der Waals surface area contributed by atoms with Crippen molar-refractivity contribution in [3.8, 4) is 0 Å². The van der Waals surface area contributed by atoms with Crippen molar-refractivity contribution in [1.29, 1.82) is 0 Å². The highest BCUT2D eigenvalue weighted by molar-refractivity contribution is 8.25. The summed E-state index contributed by atoms with van der Waals surface area (Å²) < 4.78 is 0. The van der Waals surface area contributed by atoms with Crippen LogP contribution in [-0.4, -0.2) is 29.6 Å². The van der Waals surface area contributed by atoms with Gasteiger partial charge in [0.1, 0.15) is 0 Å². The molecule has 2 N–H and O–H groups in total. The maximum Gasteiger partial charge on any atom is 0.263 e. The quantitative estimate of drug-likeness (QED) is 0.430. The number of aliphatic hydroxyl groups excluding tert-OH is 1. The molecule has 1 aliphatic heterocycles. The van der Waals surface area contributed by atoms with E-state index in [1.54, 1.807) is 11.2 Å². The second kappa shape index (κ2) is 2.17. The molecule has 0 aliphatic carbocycles. The van der Waals surface area contributed by atoms with Crippen molar-refractivity contribution in [2.24, 2.45) is 0 Å². The van der Waals surface area contributed by atoms with Gasteiger partial charge in [0.2, 0.25) is 0 Å². The predicted molar refractivity (Wildman–Crippen MR) is 32.4 cm³/mol. The molecule has 2 nitrogen and oxygen atoms in total. The molecule has 0 spiro atoms. The second-order valence-electron chi connectivity index (χ2n) is 1.62. The molecule has 1 heterocycles. The Kier molecular flexibility index (Phi) is 1.74. The van der Waals surface area contributed by atoms with Crippen molar-refractivity contribution in [2.45, 2.75) is 12.1 Å². The van der Waals surface area contributed by atoms with E-state index >= 15 is 0 Å². The molecule has 0 aromatic heterocycles. The van der Waals surface area contributed by atoms with Crippen LogP contribution in [0.3, 0.4) is 0 Å². The first kappa shape index (κ1) is 5.62. The molecule has 1 saturated heterocycles. The molecular formula is C3H8O2SSi. The minimum atomic E-state index is -1.67. The molecule has 2 atom stereocenters. The summed E-state index contributed by atoms with van der Waals surface area (Å²) in [6.07, 6.45) is 0.804. The average molecular weight is 136 g/mol. The Morgan fingerprint density at radius 3 is 2.57 bits per heavy atom. The van der Waals surface area contributed by atoms with Gasteiger partial charge in [-0.05, 0) is 12.2 Å². The smallest absolute Gasteiger partial charge is 0.263 e. The molecule has 0 saturated carbocycles. The van der Waals surface area contributed by atoms with Crippen molar-refractivity contribution < 1.29 is 9.90 Å². The lowest BCUT2D eigenvalue weighted by Gasteiger charge is -1.99. The van der Waals surface area contributed by atoms with Crippen LogP contribution in [0.25, 0.3) is 0 Å². The highest BCUT2D eigenvalue weighted by atomic mass is 32.4. The van der Waals surface area contributed by atoms with Crippen molar-refractivity contribution in [2.75, 3.05) is 5.75 Å². The maximum atomic E-state index is 8.85. The van der Waals surface area contributed by atoms with Crippen LogP contribution >= 0.6 is 11.2 Å². The SMILES string of the molecule is OC1CCS[SiH]1O. The lowest BCUT2D eigenvalue weighted by molar-refractivity contribution is 0.236. The zero-order valence-corrected chi connectivity index (χ0v) is 5.84. The van der Waals surface area contributed by atoms with Crippen LogP contribution in [0.15, 0.2) is 0 Å². The minimum absolute atomic E-state index is 0.329. The Bertz CT molecular complexity index is 62.0. The molecule has 4 heteroatoms. The summed E-state index contributed by atoms with van der Waals surface area (Å²) >= 11 is 1.55. The molecule has 0 aromatic rings. The first-order valence-electron chi connectivity index (χ1n) is 2.28. The lowest BCUT2D eigenvalue weighted by atomic mass is 10.5. The summed E-state index contributed by atoms with van der Waals surface area (Å²) in [5.74, 6) is 0.953. The fourth-order valence-electron chi connectivity index (χ4n) is 0.563. The average Bonchev–Trinajstić information content (AvgIpc) is 1.91. The number of hydrogen-bond acceptors (Lipinski definition) is 3. The van der Waals surface area contributed by atoms with E-state index in [-0.39, 0.29) is 5.73 Å². The molecular weight excluding hydrogens is 128 g/mol. The summed E-state index contributed by atoms with van der Waals surface area (Å²) in [6, 6.07) is 0. The van der Waals surface area contributed by atoms with Crippen LogP contribution in [0.2, 0.25) is 0 Å². The fourth-order valence-corrected chi connectivity index (χ4v) is 4.31. The summed E-state index contributed by atoms with van der Waals surface area (Å²) in [4.78, 5) is 8.85. The monoisotopic (exact) mass is 136 g/mol. The van der Waals surface area contributed by atoms with Crippen LogP contribution < -0.4 is 0 Å². The van der Waals surface area contributed by atoms with E-state index in [1.165, 1.54) is 0 Å². The van der Waals surface area contributed by atoms with E-state index < -0.39 is 8.19 Å². The van der Waals surface area contributed by atoms with Crippen LogP contribution in [0.1, 0.15) is 6.42 Å². The number of rotatable bonds is 0. The number of aliphatic hydroxyl groups is 1. The van der Waals surface area contributed by atoms with Gasteiger partial charge in [-0.2, -0.15) is 11.2 Å². The van der Waals surface area contributed by atoms with Crippen molar-refractivity contribution in [3.05, 3.63) is 0 Å². The number of hydrogen-bond donors (Lipinski definition) is 2. The molecule has 1 aliphatic rings. The van der Waals surface area contributed by atoms with E-state index in [1.807, 2.05) is 0 Å². The van der Waals surface area contributed by atoms with Gasteiger partial charge in [0, 0.05) is 0 Å². The highest BCUT2D eigenvalue weighted by Gasteiger charge is 2.25. The van der Waals surface area contributed by atoms with Gasteiger partial charge in [-0.25, -0.2) is 0 Å². The zero-order valence-electron chi connectivity index (χ0n) is 3.87. The standard InChI is InChI=1S/C3H8O2SSi/c4-3-1-2-6-7(3)5/h3-5,7H,1-2H2. The molecule has 0 aromatic carbocycles. The van der Waals surface area contributed by atoms with Gasteiger partial charge in [-0.3, -0.25) is 0 Å². The van der Waals surface area contributed by atoms with Gasteiger partial charge < -0.3 is 9.90 Å². The topological polar surface area (TPSA) is 40.5 Å². The first-order valence-corrected chi connectivity index (χ1v) is 5.93. The molecule has 0 amide bonds. The third kappa shape index (κ3) is 1.19. The Hall–Kier alpha value is 0.487. The molecule has 42 valence electrons. The summed E-state index contributed by atoms with van der Waals surface area (Å²) in [5.41, 5.74) is -0.329. The molecule has 1 rings (SSSR count). The summed E-state index contributed by atoms with van der Waals surface area (Å²) in [7, 11) is -1.67. The lowest BCUT2D eigenvalue weighted by Crippen LogP contribution is -2.20. The summed E-state index contributed by atoms with van der Waals surface area (Å²) in [5, 5.41) is 8.79. The van der Waals surface area contributed by atoms with E-state index in [0.29, 0.717) is 0 Å². The van der Waals surface area contributed by atoms with Crippen LogP contribution in [-0.2, 0) is 0 Å². The Morgan fingerprint density at radius 1 is 1.71 bits per heavy atom. The third-order valence-corrected chi connectivity index (χ3v) is 5.51. The molecule has 0 bridgehead atoms. The van der Waals surface area contributed by atoms with Crippen molar-refractivity contribution in [1.82, 2.24) is 0 Å². The second-order valence-corrected chi connectivity index (χ2v) is 6.36. The first-order chi connectivity index (χ1) is 3.30. The molecule has 2 unspecified atom stereocenters. The molecule has 0 radical (unpaired) electrons. The van der Waals surface area contributed by atoms with Gasteiger partial charge in [0.25, 0.3) is 8.19 Å². The van der Waals surface area contributed by atoms with Gasteiger partial charge in [-0.15, -0.1) is 0 Å². The van der Waals surface area contributed by atoms with E-state index in [0.717, 1.165) is 12.2 Å². The van der Waals surface area contributed by atoms with Gasteiger partial charge in [-0.1, -0.05) is 0 Å². The van der Waals surface area contributed by atoms with E-state index in [4.69, 9.17) is 9.90 Å². The van der Waals surface area contributed by atoms with Gasteiger partial charge in [0.15, 0.2) is 0 Å². The predicted octanol–water partition coefficient (Wildman–Crippen LogP) is -0.764. The highest BCUT2D eigenvalue weighted by Crippen LogP contribution is 2.20. The van der Waals surface area contributed by atoms with Gasteiger partial charge in [0.05, 0.1) is 5.73 Å². The van der Waals surface area contributed by atoms with E-state index in [2.05, 4.69) is 0 Å². The molecule has 7 heavy (non-hydrogen) atoms. The van der Waals surface area contributed by atoms with E-state index in [9.17, 15) is 0 Å². The van der Waals surface area contributed by atoms with Crippen LogP contribution in [0.4, 0.5) is 0 Å². The maximum absolute atomic E-state index is 8.85. The van der Waals surface area contributed by atoms with Gasteiger partial charge >= 0.3 is 0 Å². The Labute approximate surface area is 47.9 Å². The normalized spacial score (nSPS) is 42.0.